The Hall–Kier alpha value is -9.12. The molecule has 1 heterocycles. The number of aryl methyl sites for hydroxylation is 6. The van der Waals surface area contributed by atoms with Crippen molar-refractivity contribution in [1.82, 2.24) is 0 Å². The minimum atomic E-state index is 0.267. The summed E-state index contributed by atoms with van der Waals surface area (Å²) < 4.78 is 7.49. The Labute approximate surface area is 519 Å². The fraction of sp³-hybridized carbons (Fsp3) is 0.238. The highest BCUT2D eigenvalue weighted by molar-refractivity contribution is 6.30. The fourth-order valence-corrected chi connectivity index (χ4v) is 16.1. The molecular formula is C84H78N2O2. The first-order chi connectivity index (χ1) is 43.2. The largest absolute Gasteiger partial charge is 0.505 e. The van der Waals surface area contributed by atoms with Crippen molar-refractivity contribution in [2.24, 2.45) is 0 Å². The van der Waals surface area contributed by atoms with Crippen molar-refractivity contribution in [3.8, 4) is 39.1 Å². The molecule has 0 unspecified atom stereocenters. The number of aromatic hydroxyl groups is 1. The minimum absolute atomic E-state index is 0.267. The molecule has 12 aromatic carbocycles. The highest BCUT2D eigenvalue weighted by atomic mass is 16.3. The number of phenolic OH excluding ortho intramolecular Hbond substituents is 1. The lowest BCUT2D eigenvalue weighted by atomic mass is 9.77. The molecule has 0 atom stereocenters. The third kappa shape index (κ3) is 9.24. The van der Waals surface area contributed by atoms with Gasteiger partial charge < -0.3 is 19.3 Å². The maximum atomic E-state index is 13.3. The van der Waals surface area contributed by atoms with E-state index in [0.29, 0.717) is 11.8 Å². The monoisotopic (exact) mass is 1150 g/mol. The molecule has 15 rings (SSSR count). The number of rotatable bonds is 13. The van der Waals surface area contributed by atoms with Crippen LogP contribution in [0.2, 0.25) is 0 Å². The van der Waals surface area contributed by atoms with Crippen LogP contribution in [0.4, 0.5) is 34.1 Å². The molecule has 2 fully saturated rings. The number of hydrogen-bond donors (Lipinski definition) is 1. The zero-order valence-electron chi connectivity index (χ0n) is 51.9. The molecule has 4 nitrogen and oxygen atoms in total. The van der Waals surface area contributed by atoms with Crippen LogP contribution < -0.4 is 9.80 Å². The quantitative estimate of drug-likeness (QED) is 0.117. The topological polar surface area (TPSA) is 39.9 Å². The van der Waals surface area contributed by atoms with Crippen LogP contribution in [-0.2, 0) is 12.8 Å². The van der Waals surface area contributed by atoms with Crippen LogP contribution in [0.5, 0.6) is 5.75 Å². The molecule has 88 heavy (non-hydrogen) atoms. The van der Waals surface area contributed by atoms with Gasteiger partial charge in [0.05, 0.1) is 34.1 Å². The first-order valence-electron chi connectivity index (χ1n) is 32.7. The average Bonchev–Trinajstić information content (AvgIpc) is 0.725. The summed E-state index contributed by atoms with van der Waals surface area (Å²) >= 11 is 0. The summed E-state index contributed by atoms with van der Waals surface area (Å²) in [7, 11) is 0. The predicted octanol–water partition coefficient (Wildman–Crippen LogP) is 24.6. The van der Waals surface area contributed by atoms with Crippen LogP contribution in [0.25, 0.3) is 87.6 Å². The Balaban J connectivity index is 1.03. The van der Waals surface area contributed by atoms with Gasteiger partial charge in [-0.1, -0.05) is 222 Å². The smallest absolute Gasteiger partial charge is 0.159 e. The van der Waals surface area contributed by atoms with Gasteiger partial charge in [-0.2, -0.15) is 0 Å². The van der Waals surface area contributed by atoms with Gasteiger partial charge in [0.1, 0.15) is 11.3 Å². The van der Waals surface area contributed by atoms with Crippen LogP contribution in [0.1, 0.15) is 134 Å². The van der Waals surface area contributed by atoms with Gasteiger partial charge in [-0.25, -0.2) is 0 Å². The van der Waals surface area contributed by atoms with Crippen molar-refractivity contribution in [1.29, 1.82) is 0 Å². The summed E-state index contributed by atoms with van der Waals surface area (Å²) in [5.41, 5.74) is 24.9. The lowest BCUT2D eigenvalue weighted by Gasteiger charge is -2.35. The average molecular weight is 1150 g/mol. The van der Waals surface area contributed by atoms with Crippen molar-refractivity contribution in [3.05, 3.63) is 245 Å². The van der Waals surface area contributed by atoms with Crippen LogP contribution in [-0.4, -0.2) is 5.11 Å². The molecule has 0 saturated heterocycles. The summed E-state index contributed by atoms with van der Waals surface area (Å²) in [5, 5.41) is 23.3. The van der Waals surface area contributed by atoms with E-state index in [4.69, 9.17) is 4.42 Å². The van der Waals surface area contributed by atoms with Gasteiger partial charge in [0.2, 0.25) is 0 Å². The second-order valence-electron chi connectivity index (χ2n) is 25.6. The third-order valence-electron chi connectivity index (χ3n) is 20.4. The number of para-hydroxylation sites is 5. The predicted molar refractivity (Wildman–Crippen MR) is 374 cm³/mol. The Morgan fingerprint density at radius 3 is 1.35 bits per heavy atom. The summed E-state index contributed by atoms with van der Waals surface area (Å²) in [6, 6.07) is 74.7. The molecule has 2 aliphatic carbocycles. The Morgan fingerprint density at radius 2 is 0.784 bits per heavy atom. The van der Waals surface area contributed by atoms with E-state index in [1.165, 1.54) is 127 Å². The Bertz CT molecular complexity index is 4780. The highest BCUT2D eigenvalue weighted by Gasteiger charge is 2.33. The fourth-order valence-electron chi connectivity index (χ4n) is 16.1. The van der Waals surface area contributed by atoms with E-state index in [1.54, 1.807) is 0 Å². The maximum Gasteiger partial charge on any atom is 0.159 e. The maximum absolute atomic E-state index is 13.3. The lowest BCUT2D eigenvalue weighted by molar-refractivity contribution is 0.445. The van der Waals surface area contributed by atoms with Crippen molar-refractivity contribution >= 4 is 88.4 Å². The molecule has 1 aromatic heterocycles. The molecule has 1 N–H and O–H groups in total. The van der Waals surface area contributed by atoms with E-state index < -0.39 is 0 Å². The van der Waals surface area contributed by atoms with Crippen LogP contribution in [0.15, 0.2) is 205 Å². The molecule has 436 valence electrons. The van der Waals surface area contributed by atoms with Gasteiger partial charge in [0.15, 0.2) is 5.58 Å². The zero-order chi connectivity index (χ0) is 59.7. The highest BCUT2D eigenvalue weighted by Crippen LogP contribution is 2.56. The molecule has 0 aliphatic heterocycles. The molecule has 4 heteroatoms. The van der Waals surface area contributed by atoms with Gasteiger partial charge in [-0.15, -0.1) is 0 Å². The van der Waals surface area contributed by atoms with Gasteiger partial charge in [-0.05, 0) is 197 Å². The number of phenols is 1. The van der Waals surface area contributed by atoms with Crippen LogP contribution in [0, 0.1) is 27.7 Å². The van der Waals surface area contributed by atoms with Crippen molar-refractivity contribution < 1.29 is 9.52 Å². The Kier molecular flexibility index (Phi) is 14.4. The summed E-state index contributed by atoms with van der Waals surface area (Å²) in [5.74, 6) is 1.05. The molecule has 0 spiro atoms. The SMILES string of the molecule is CCc1ccccc1-c1cccc(-c2cccc(N(c3c(C)cccc3C)c3cc(C4CCCCC4)c4ccc5c(N(c6c(C)cccc6C)c6cccc7c6oc6c(-c8ccccc8CC)cccc67)cc(C6CCCCC6)c6ccc3c4c65)c2O)c1. The van der Waals surface area contributed by atoms with Crippen molar-refractivity contribution in [2.45, 2.75) is 130 Å². The molecule has 0 amide bonds. The Morgan fingerprint density at radius 1 is 0.364 bits per heavy atom. The molecule has 0 radical (unpaired) electrons. The van der Waals surface area contributed by atoms with E-state index in [2.05, 4.69) is 252 Å². The number of fused-ring (bicyclic) bond motifs is 3. The zero-order valence-corrected chi connectivity index (χ0v) is 51.9. The molecule has 0 bridgehead atoms. The molecule has 2 saturated carbocycles. The standard InChI is InChI=1S/C84H78N2O2/c1-7-56-29-15-17-37-62(56)60-35-21-36-61(49-60)64-39-23-43-74(82(64)87)85(80-52(3)25-19-26-53(80)4)76-50-72(58-31-11-9-12-32-58)65-46-48-71-77(51-73(59-33-13-10-14-34-59)66-45-47-70(76)78(65)79(66)71)86(81-54(5)27-20-28-55(81)6)75-44-24-42-69-68-41-22-40-67(83(68)88-84(69)75)63-38-18-16-30-57(63)8-2/h15-30,35-51,58-59,87H,7-14,31-34H2,1-6H3. The van der Waals surface area contributed by atoms with Crippen LogP contribution >= 0.6 is 0 Å². The van der Waals surface area contributed by atoms with Gasteiger partial charge in [0.25, 0.3) is 0 Å². The molecular weight excluding hydrogens is 1070 g/mol. The molecule has 2 aliphatic rings. The third-order valence-corrected chi connectivity index (χ3v) is 20.4. The van der Waals surface area contributed by atoms with E-state index in [9.17, 15) is 5.11 Å². The van der Waals surface area contributed by atoms with E-state index in [1.807, 2.05) is 0 Å². The first-order valence-corrected chi connectivity index (χ1v) is 32.7. The van der Waals surface area contributed by atoms with Gasteiger partial charge >= 0.3 is 0 Å². The summed E-state index contributed by atoms with van der Waals surface area (Å²) in [6.07, 6.45) is 13.9. The number of anilines is 6. The van der Waals surface area contributed by atoms with Gasteiger partial charge in [-0.3, -0.25) is 0 Å². The van der Waals surface area contributed by atoms with E-state index in [-0.39, 0.29) is 5.75 Å². The second-order valence-corrected chi connectivity index (χ2v) is 25.6. The second kappa shape index (κ2) is 22.9. The van der Waals surface area contributed by atoms with E-state index in [0.717, 1.165) is 117 Å². The lowest BCUT2D eigenvalue weighted by Crippen LogP contribution is -2.16. The van der Waals surface area contributed by atoms with Crippen molar-refractivity contribution in [3.63, 3.8) is 0 Å². The number of nitrogens with zero attached hydrogens (tertiary/aromatic N) is 2. The number of benzene rings is 12. The summed E-state index contributed by atoms with van der Waals surface area (Å²) in [4.78, 5) is 5.04. The normalized spacial score (nSPS) is 14.3. The first kappa shape index (κ1) is 55.5. The number of hydrogen-bond acceptors (Lipinski definition) is 4. The van der Waals surface area contributed by atoms with Gasteiger partial charge in [0, 0.05) is 32.7 Å². The van der Waals surface area contributed by atoms with Crippen molar-refractivity contribution in [2.75, 3.05) is 9.80 Å². The van der Waals surface area contributed by atoms with E-state index >= 15 is 0 Å². The minimum Gasteiger partial charge on any atom is -0.505 e. The summed E-state index contributed by atoms with van der Waals surface area (Å²) in [6.45, 7) is 13.5. The molecule has 13 aromatic rings. The van der Waals surface area contributed by atoms with Crippen LogP contribution in [0.3, 0.4) is 0 Å². The number of furan rings is 1.